The summed E-state index contributed by atoms with van der Waals surface area (Å²) in [6, 6.07) is 43.2. The molecule has 2 nitrogen and oxygen atoms in total. The second-order valence-electron chi connectivity index (χ2n) is 9.45. The zero-order valence-corrected chi connectivity index (χ0v) is 21.4. The van der Waals surface area contributed by atoms with Crippen LogP contribution in [-0.4, -0.2) is 28.2 Å². The molecule has 0 heterocycles. The van der Waals surface area contributed by atoms with Gasteiger partial charge in [0.15, 0.2) is 0 Å². The van der Waals surface area contributed by atoms with E-state index in [1.54, 1.807) is 0 Å². The van der Waals surface area contributed by atoms with Crippen molar-refractivity contribution in [3.8, 4) is 44.5 Å². The number of hydrogen-bond acceptors (Lipinski definition) is 2. The quantitative estimate of drug-likeness (QED) is 0.246. The Labute approximate surface area is 215 Å². The molecule has 0 aliphatic heterocycles. The van der Waals surface area contributed by atoms with Gasteiger partial charge in [0.25, 0.3) is 0 Å². The molecule has 0 aliphatic rings. The van der Waals surface area contributed by atoms with Crippen molar-refractivity contribution in [3.63, 3.8) is 0 Å². The van der Waals surface area contributed by atoms with Crippen molar-refractivity contribution in [2.75, 3.05) is 38.0 Å². The van der Waals surface area contributed by atoms with Crippen LogP contribution < -0.4 is 9.80 Å². The molecule has 0 fully saturated rings. The minimum atomic E-state index is 1.21. The molecular weight excluding hydrogens is 436 g/mol. The van der Waals surface area contributed by atoms with Gasteiger partial charge in [-0.1, -0.05) is 121 Å². The van der Waals surface area contributed by atoms with E-state index in [2.05, 4.69) is 159 Å². The summed E-state index contributed by atoms with van der Waals surface area (Å²) in [6.07, 6.45) is 0. The van der Waals surface area contributed by atoms with E-state index < -0.39 is 0 Å². The molecule has 0 saturated heterocycles. The Kier molecular flexibility index (Phi) is 6.60. The maximum Gasteiger partial charge on any atom is 0.0534 e. The van der Waals surface area contributed by atoms with Gasteiger partial charge in [0, 0.05) is 50.4 Å². The maximum absolute atomic E-state index is 2.28. The third-order valence-electron chi connectivity index (χ3n) is 6.59. The Bertz CT molecular complexity index is 1220. The first-order valence-corrected chi connectivity index (χ1v) is 12.4. The molecule has 0 amide bonds. The van der Waals surface area contributed by atoms with Gasteiger partial charge in [0.2, 0.25) is 0 Å². The molecule has 0 N–H and O–H groups in total. The Balaban J connectivity index is 2.09. The smallest absolute Gasteiger partial charge is 0.0534 e. The third-order valence-corrected chi connectivity index (χ3v) is 6.59. The topological polar surface area (TPSA) is 6.48 Å². The van der Waals surface area contributed by atoms with Crippen LogP contribution in [0.4, 0.5) is 11.4 Å². The van der Waals surface area contributed by atoms with Gasteiger partial charge >= 0.3 is 0 Å². The van der Waals surface area contributed by atoms with E-state index in [1.165, 1.54) is 55.9 Å². The number of anilines is 2. The Morgan fingerprint density at radius 2 is 0.500 bits per heavy atom. The van der Waals surface area contributed by atoms with E-state index in [1.807, 2.05) is 0 Å². The summed E-state index contributed by atoms with van der Waals surface area (Å²) in [7, 11) is 8.64. The minimum absolute atomic E-state index is 1.21. The van der Waals surface area contributed by atoms with E-state index in [9.17, 15) is 0 Å². The van der Waals surface area contributed by atoms with Gasteiger partial charge in [-0.15, -0.1) is 0 Å². The molecular formula is C34H32N2. The average molecular weight is 469 g/mol. The second kappa shape index (κ2) is 10.1. The first-order valence-electron chi connectivity index (χ1n) is 12.4. The lowest BCUT2D eigenvalue weighted by molar-refractivity contribution is 1.11. The fourth-order valence-corrected chi connectivity index (χ4v) is 5.16. The van der Waals surface area contributed by atoms with E-state index in [-0.39, 0.29) is 0 Å². The summed E-state index contributed by atoms with van der Waals surface area (Å²) >= 11 is 0. The zero-order chi connectivity index (χ0) is 25.1. The van der Waals surface area contributed by atoms with Crippen LogP contribution in [0.25, 0.3) is 44.5 Å². The van der Waals surface area contributed by atoms with Crippen LogP contribution >= 0.6 is 0 Å². The molecule has 0 saturated carbocycles. The summed E-state index contributed by atoms with van der Waals surface area (Å²) in [4.78, 5) is 4.56. The van der Waals surface area contributed by atoms with Crippen LogP contribution in [0.2, 0.25) is 0 Å². The molecule has 5 aromatic carbocycles. The highest BCUT2D eigenvalue weighted by Crippen LogP contribution is 2.55. The monoisotopic (exact) mass is 468 g/mol. The molecule has 0 unspecified atom stereocenters. The highest BCUT2D eigenvalue weighted by molar-refractivity contribution is 6.13. The number of hydrogen-bond donors (Lipinski definition) is 0. The van der Waals surface area contributed by atoms with Crippen LogP contribution in [0.15, 0.2) is 121 Å². The second-order valence-corrected chi connectivity index (χ2v) is 9.45. The van der Waals surface area contributed by atoms with Gasteiger partial charge < -0.3 is 9.80 Å². The van der Waals surface area contributed by atoms with Gasteiger partial charge in [-0.2, -0.15) is 0 Å². The Morgan fingerprint density at radius 1 is 0.306 bits per heavy atom. The van der Waals surface area contributed by atoms with Crippen LogP contribution in [0.1, 0.15) is 0 Å². The van der Waals surface area contributed by atoms with Crippen molar-refractivity contribution in [2.24, 2.45) is 0 Å². The van der Waals surface area contributed by atoms with Gasteiger partial charge in [0.1, 0.15) is 0 Å². The fraction of sp³-hybridized carbons (Fsp3) is 0.118. The highest BCUT2D eigenvalue weighted by Gasteiger charge is 2.29. The summed E-state index contributed by atoms with van der Waals surface area (Å²) in [5.74, 6) is 0. The van der Waals surface area contributed by atoms with Gasteiger partial charge in [0.05, 0.1) is 11.4 Å². The first-order chi connectivity index (χ1) is 17.6. The van der Waals surface area contributed by atoms with Gasteiger partial charge in [-0.05, 0) is 22.3 Å². The van der Waals surface area contributed by atoms with Crippen LogP contribution in [-0.2, 0) is 0 Å². The fourth-order valence-electron chi connectivity index (χ4n) is 5.16. The summed E-state index contributed by atoms with van der Waals surface area (Å²) < 4.78 is 0. The molecule has 2 heteroatoms. The van der Waals surface area contributed by atoms with Crippen molar-refractivity contribution in [2.45, 2.75) is 0 Å². The molecule has 178 valence electrons. The number of benzene rings is 5. The molecule has 5 rings (SSSR count). The minimum Gasteiger partial charge on any atom is -0.377 e. The largest absolute Gasteiger partial charge is 0.377 e. The Hall–Kier alpha value is -4.30. The van der Waals surface area contributed by atoms with Crippen molar-refractivity contribution < 1.29 is 0 Å². The predicted molar refractivity (Wildman–Crippen MR) is 157 cm³/mol. The average Bonchev–Trinajstić information content (AvgIpc) is 2.93. The maximum atomic E-state index is 2.28. The van der Waals surface area contributed by atoms with E-state index in [4.69, 9.17) is 0 Å². The van der Waals surface area contributed by atoms with Crippen molar-refractivity contribution in [3.05, 3.63) is 121 Å². The molecule has 0 radical (unpaired) electrons. The Morgan fingerprint density at radius 3 is 0.667 bits per heavy atom. The normalized spacial score (nSPS) is 10.8. The lowest BCUT2D eigenvalue weighted by Crippen LogP contribution is -2.18. The lowest BCUT2D eigenvalue weighted by atomic mass is 9.81. The van der Waals surface area contributed by atoms with Crippen LogP contribution in [0.3, 0.4) is 0 Å². The summed E-state index contributed by atoms with van der Waals surface area (Å²) in [6.45, 7) is 0. The van der Waals surface area contributed by atoms with E-state index in [0.717, 1.165) is 0 Å². The SMILES string of the molecule is CN(C)c1c(-c2ccccc2)c(-c2ccccc2)c(N(C)C)c(-c2ccccc2)c1-c1ccccc1. The third kappa shape index (κ3) is 4.27. The molecule has 0 aromatic heterocycles. The van der Waals surface area contributed by atoms with Crippen molar-refractivity contribution in [1.82, 2.24) is 0 Å². The number of rotatable bonds is 6. The molecule has 0 atom stereocenters. The van der Waals surface area contributed by atoms with E-state index in [0.29, 0.717) is 0 Å². The van der Waals surface area contributed by atoms with Crippen LogP contribution in [0.5, 0.6) is 0 Å². The van der Waals surface area contributed by atoms with Crippen LogP contribution in [0, 0.1) is 0 Å². The molecule has 0 spiro atoms. The summed E-state index contributed by atoms with van der Waals surface area (Å²) in [5, 5.41) is 0. The van der Waals surface area contributed by atoms with Crippen molar-refractivity contribution in [1.29, 1.82) is 0 Å². The standard InChI is InChI=1S/C34H32N2/c1-35(2)33-29(25-17-9-5-10-18-25)31(27-21-13-7-14-22-27)34(36(3)4)32(28-23-15-8-16-24-28)30(33)26-19-11-6-12-20-26/h5-24H,1-4H3. The zero-order valence-electron chi connectivity index (χ0n) is 21.4. The van der Waals surface area contributed by atoms with Gasteiger partial charge in [-0.25, -0.2) is 0 Å². The first kappa shape index (κ1) is 23.4. The summed E-state index contributed by atoms with van der Waals surface area (Å²) in [5.41, 5.74) is 12.2. The predicted octanol–water partition coefficient (Wildman–Crippen LogP) is 8.49. The lowest BCUT2D eigenvalue weighted by Gasteiger charge is -2.33. The molecule has 0 aliphatic carbocycles. The molecule has 36 heavy (non-hydrogen) atoms. The van der Waals surface area contributed by atoms with Gasteiger partial charge in [-0.3, -0.25) is 0 Å². The van der Waals surface area contributed by atoms with E-state index >= 15 is 0 Å². The molecule has 0 bridgehead atoms. The highest BCUT2D eigenvalue weighted by atomic mass is 15.1. The molecule has 5 aromatic rings. The van der Waals surface area contributed by atoms with Crippen molar-refractivity contribution >= 4 is 11.4 Å². The number of nitrogens with zero attached hydrogens (tertiary/aromatic N) is 2.